The number of benzene rings is 3. The predicted octanol–water partition coefficient (Wildman–Crippen LogP) is 9.05. The highest BCUT2D eigenvalue weighted by molar-refractivity contribution is 9.11. The van der Waals surface area contributed by atoms with Crippen LogP contribution in [-0.2, 0) is 0 Å². The number of thiazole rings is 1. The van der Waals surface area contributed by atoms with Crippen LogP contribution in [0.15, 0.2) is 68.0 Å². The minimum Gasteiger partial charge on any atom is -0.492 e. The average Bonchev–Trinajstić information content (AvgIpc) is 3.52. The van der Waals surface area contributed by atoms with Crippen LogP contribution in [0.25, 0.3) is 21.5 Å². The van der Waals surface area contributed by atoms with Crippen molar-refractivity contribution < 1.29 is 23.5 Å². The van der Waals surface area contributed by atoms with E-state index in [2.05, 4.69) is 42.9 Å². The summed E-state index contributed by atoms with van der Waals surface area (Å²) >= 11 is 8.10. The summed E-state index contributed by atoms with van der Waals surface area (Å²) in [6, 6.07) is 18.1. The molecule has 0 aliphatic rings. The van der Waals surface area contributed by atoms with Crippen LogP contribution >= 0.6 is 43.2 Å². The third kappa shape index (κ3) is 5.91. The molecule has 0 atom stereocenters. The van der Waals surface area contributed by atoms with E-state index in [1.54, 1.807) is 38.1 Å². The van der Waals surface area contributed by atoms with Gasteiger partial charge < -0.3 is 13.9 Å². The molecule has 0 aliphatic carbocycles. The van der Waals surface area contributed by atoms with Gasteiger partial charge in [0, 0.05) is 16.5 Å². The molecule has 42 heavy (non-hydrogen) atoms. The molecule has 0 bridgehead atoms. The lowest BCUT2D eigenvalue weighted by atomic mass is 10.0. The summed E-state index contributed by atoms with van der Waals surface area (Å²) in [7, 11) is 0. The molecule has 0 amide bonds. The number of carbonyl (C=O) groups excluding carboxylic acids is 2. The summed E-state index contributed by atoms with van der Waals surface area (Å²) in [5.41, 5.74) is 3.12. The van der Waals surface area contributed by atoms with Crippen molar-refractivity contribution in [1.82, 2.24) is 4.98 Å². The van der Waals surface area contributed by atoms with E-state index in [9.17, 15) is 14.9 Å². The summed E-state index contributed by atoms with van der Waals surface area (Å²) in [6.07, 6.45) is 0. The van der Waals surface area contributed by atoms with Gasteiger partial charge in [-0.25, -0.2) is 9.78 Å². The van der Waals surface area contributed by atoms with Gasteiger partial charge in [0.05, 0.1) is 32.4 Å². The van der Waals surface area contributed by atoms with Crippen molar-refractivity contribution in [2.24, 2.45) is 5.92 Å². The first-order chi connectivity index (χ1) is 20.1. The molecule has 2 aromatic heterocycles. The van der Waals surface area contributed by atoms with E-state index < -0.39 is 5.97 Å². The van der Waals surface area contributed by atoms with Crippen LogP contribution in [0.5, 0.6) is 11.5 Å². The van der Waals surface area contributed by atoms with Gasteiger partial charge in [-0.05, 0) is 88.0 Å². The summed E-state index contributed by atoms with van der Waals surface area (Å²) in [6.45, 7) is 8.06. The number of nitrogens with zero attached hydrogens (tertiary/aromatic N) is 2. The Balaban J connectivity index is 1.38. The van der Waals surface area contributed by atoms with Gasteiger partial charge >= 0.3 is 5.97 Å². The van der Waals surface area contributed by atoms with Crippen molar-refractivity contribution in [3.8, 4) is 28.1 Å². The zero-order chi connectivity index (χ0) is 30.1. The molecule has 5 aromatic rings. The fourth-order valence-electron chi connectivity index (χ4n) is 4.36. The molecule has 5 rings (SSSR count). The lowest BCUT2D eigenvalue weighted by molar-refractivity contribution is 0.0736. The number of furan rings is 1. The number of ether oxygens (including phenoxy) is 2. The van der Waals surface area contributed by atoms with Gasteiger partial charge in [-0.2, -0.15) is 5.26 Å². The zero-order valence-electron chi connectivity index (χ0n) is 23.1. The first-order valence-electron chi connectivity index (χ1n) is 13.0. The number of ketones is 1. The Morgan fingerprint density at radius 3 is 2.48 bits per heavy atom. The van der Waals surface area contributed by atoms with Gasteiger partial charge in [-0.1, -0.05) is 32.0 Å². The number of aromatic nitrogens is 1. The van der Waals surface area contributed by atoms with E-state index >= 15 is 0 Å². The molecule has 0 unspecified atom stereocenters. The van der Waals surface area contributed by atoms with Crippen molar-refractivity contribution in [3.05, 3.63) is 96.6 Å². The smallest absolute Gasteiger partial charge is 0.355 e. The van der Waals surface area contributed by atoms with E-state index in [0.29, 0.717) is 76.4 Å². The maximum absolute atomic E-state index is 13.5. The second kappa shape index (κ2) is 12.2. The second-order valence-electron chi connectivity index (χ2n) is 9.98. The normalized spacial score (nSPS) is 11.1. The lowest BCUT2D eigenvalue weighted by Gasteiger charge is -2.11. The van der Waals surface area contributed by atoms with E-state index in [0.717, 1.165) is 5.39 Å². The second-order valence-corrected chi connectivity index (χ2v) is 12.7. The Hall–Kier alpha value is -3.78. The summed E-state index contributed by atoms with van der Waals surface area (Å²) in [5, 5.41) is 10.9. The van der Waals surface area contributed by atoms with E-state index in [1.807, 2.05) is 44.2 Å². The summed E-state index contributed by atoms with van der Waals surface area (Å²) in [5.74, 6) is 0.792. The zero-order valence-corrected chi connectivity index (χ0v) is 27.1. The third-order valence-corrected chi connectivity index (χ3v) is 8.72. The van der Waals surface area contributed by atoms with Gasteiger partial charge in [0.2, 0.25) is 0 Å². The number of carbonyl (C=O) groups is 2. The minimum atomic E-state index is -0.592. The molecule has 10 heteroatoms. The van der Waals surface area contributed by atoms with Gasteiger partial charge in [0.1, 0.15) is 33.0 Å². The fraction of sp³-hybridized carbons (Fsp3) is 0.188. The van der Waals surface area contributed by atoms with Crippen molar-refractivity contribution >= 4 is 65.9 Å². The number of hydrogen-bond donors (Lipinski definition) is 0. The summed E-state index contributed by atoms with van der Waals surface area (Å²) < 4.78 is 18.1. The number of nitriles is 1. The summed E-state index contributed by atoms with van der Waals surface area (Å²) in [4.78, 5) is 31.6. The number of rotatable bonds is 8. The fourth-order valence-corrected chi connectivity index (χ4v) is 6.65. The standard InChI is InChI=1S/C32H24Br2N2O5S/c1-16(2)15-39-25-10-9-19(11-21(25)14-35)31-36-17(3)30(42-31)32(38)41-29-23(33)12-20(13-24(29)34)28(37)27-18(4)40-26-8-6-5-7-22(26)27/h5-13,16H,15H2,1-4H3. The molecule has 2 heterocycles. The molecule has 0 N–H and O–H groups in total. The van der Waals surface area contributed by atoms with Crippen molar-refractivity contribution in [1.29, 1.82) is 5.26 Å². The van der Waals surface area contributed by atoms with Gasteiger partial charge in [-0.3, -0.25) is 4.79 Å². The number of hydrogen-bond acceptors (Lipinski definition) is 8. The molecule has 0 saturated heterocycles. The Labute approximate surface area is 263 Å². The molecule has 0 fully saturated rings. The van der Waals surface area contributed by atoms with E-state index in [4.69, 9.17) is 13.9 Å². The Bertz CT molecular complexity index is 1880. The van der Waals surface area contributed by atoms with Gasteiger partial charge in [0.25, 0.3) is 0 Å². The first-order valence-corrected chi connectivity index (χ1v) is 15.4. The highest BCUT2D eigenvalue weighted by Gasteiger charge is 2.24. The monoisotopic (exact) mass is 706 g/mol. The maximum atomic E-state index is 13.5. The Morgan fingerprint density at radius 2 is 1.79 bits per heavy atom. The van der Waals surface area contributed by atoms with Crippen LogP contribution in [0, 0.1) is 31.1 Å². The predicted molar refractivity (Wildman–Crippen MR) is 169 cm³/mol. The van der Waals surface area contributed by atoms with Crippen LogP contribution in [0.2, 0.25) is 0 Å². The molecule has 0 spiro atoms. The molecular weight excluding hydrogens is 684 g/mol. The van der Waals surface area contributed by atoms with Crippen molar-refractivity contribution in [3.63, 3.8) is 0 Å². The number of halogens is 2. The van der Waals surface area contributed by atoms with Crippen LogP contribution in [0.3, 0.4) is 0 Å². The van der Waals surface area contributed by atoms with E-state index in [1.165, 1.54) is 11.3 Å². The van der Waals surface area contributed by atoms with Crippen LogP contribution in [0.1, 0.15) is 56.5 Å². The molecule has 3 aromatic carbocycles. The molecule has 0 radical (unpaired) electrons. The molecule has 7 nitrogen and oxygen atoms in total. The highest BCUT2D eigenvalue weighted by atomic mass is 79.9. The molecule has 212 valence electrons. The van der Waals surface area contributed by atoms with Crippen LogP contribution in [0.4, 0.5) is 0 Å². The first kappa shape index (κ1) is 29.7. The van der Waals surface area contributed by atoms with Crippen molar-refractivity contribution in [2.45, 2.75) is 27.7 Å². The van der Waals surface area contributed by atoms with Gasteiger partial charge in [0.15, 0.2) is 11.5 Å². The number of para-hydroxylation sites is 1. The lowest BCUT2D eigenvalue weighted by Crippen LogP contribution is -2.10. The van der Waals surface area contributed by atoms with Crippen molar-refractivity contribution in [2.75, 3.05) is 6.61 Å². The molecule has 0 saturated carbocycles. The number of esters is 1. The topological polar surface area (TPSA) is 102 Å². The van der Waals surface area contributed by atoms with Crippen LogP contribution < -0.4 is 9.47 Å². The quantitative estimate of drug-likeness (QED) is 0.0901. The maximum Gasteiger partial charge on any atom is 0.355 e. The highest BCUT2D eigenvalue weighted by Crippen LogP contribution is 2.38. The number of fused-ring (bicyclic) bond motifs is 1. The minimum absolute atomic E-state index is 0.211. The SMILES string of the molecule is Cc1nc(-c2ccc(OCC(C)C)c(C#N)c2)sc1C(=O)Oc1c(Br)cc(C(=O)c2c(C)oc3ccccc23)cc1Br. The largest absolute Gasteiger partial charge is 0.492 e. The Kier molecular flexibility index (Phi) is 8.64. The molecule has 0 aliphatic heterocycles. The van der Waals surface area contributed by atoms with Crippen LogP contribution in [-0.4, -0.2) is 23.3 Å². The third-order valence-electron chi connectivity index (χ3n) is 6.35. The van der Waals surface area contributed by atoms with Gasteiger partial charge in [-0.15, -0.1) is 11.3 Å². The van der Waals surface area contributed by atoms with E-state index in [-0.39, 0.29) is 11.5 Å². The molecular formula is C32H24Br2N2O5S. The Morgan fingerprint density at radius 1 is 1.07 bits per heavy atom. The number of aryl methyl sites for hydroxylation is 2. The average molecular weight is 708 g/mol.